The summed E-state index contributed by atoms with van der Waals surface area (Å²) in [6.45, 7) is 0. The fraction of sp³-hybridized carbons (Fsp3) is 0.286. The van der Waals surface area contributed by atoms with E-state index in [2.05, 4.69) is 4.98 Å². The average Bonchev–Trinajstić information content (AvgIpc) is 2.06. The zero-order chi connectivity index (χ0) is 11.8. The van der Waals surface area contributed by atoms with E-state index in [1.54, 1.807) is 0 Å². The first-order valence-electron chi connectivity index (χ1n) is 3.44. The smallest absolute Gasteiger partial charge is 0.230 e. The van der Waals surface area contributed by atoms with Crippen molar-refractivity contribution in [2.24, 2.45) is 0 Å². The Kier molecular flexibility index (Phi) is 3.75. The van der Waals surface area contributed by atoms with E-state index in [9.17, 15) is 22.0 Å². The van der Waals surface area contributed by atoms with E-state index in [4.69, 9.17) is 11.6 Å². The molecule has 0 spiro atoms. The number of halogens is 7. The summed E-state index contributed by atoms with van der Waals surface area (Å²) in [6, 6.07) is 0.684. The highest BCUT2D eigenvalue weighted by Crippen LogP contribution is 2.37. The standard InChI is InChI=1S/C7H2ClF5IN/c8-5-3(14)1-2(6(9)10)4(15-5)7(11,12)13/h1,6H. The number of hydrogen-bond donors (Lipinski definition) is 0. The second kappa shape index (κ2) is 4.36. The van der Waals surface area contributed by atoms with Gasteiger partial charge in [-0.05, 0) is 28.7 Å². The summed E-state index contributed by atoms with van der Waals surface area (Å²) in [5.41, 5.74) is -2.79. The zero-order valence-electron chi connectivity index (χ0n) is 6.75. The van der Waals surface area contributed by atoms with Crippen LogP contribution in [-0.4, -0.2) is 4.98 Å². The zero-order valence-corrected chi connectivity index (χ0v) is 9.66. The molecule has 0 fully saturated rings. The normalized spacial score (nSPS) is 12.3. The molecule has 1 aromatic heterocycles. The predicted octanol–water partition coefficient (Wildman–Crippen LogP) is 4.30. The van der Waals surface area contributed by atoms with Gasteiger partial charge in [0, 0.05) is 5.56 Å². The Morgan fingerprint density at radius 1 is 1.33 bits per heavy atom. The average molecular weight is 357 g/mol. The van der Waals surface area contributed by atoms with Gasteiger partial charge in [0.25, 0.3) is 6.43 Å². The monoisotopic (exact) mass is 357 g/mol. The van der Waals surface area contributed by atoms with E-state index in [1.807, 2.05) is 0 Å². The van der Waals surface area contributed by atoms with E-state index < -0.39 is 29.0 Å². The molecular weight excluding hydrogens is 355 g/mol. The van der Waals surface area contributed by atoms with Crippen LogP contribution >= 0.6 is 34.2 Å². The molecule has 0 aliphatic carbocycles. The molecule has 84 valence electrons. The summed E-state index contributed by atoms with van der Waals surface area (Å²) in [6.07, 6.45) is -8.17. The van der Waals surface area contributed by atoms with Crippen LogP contribution in [0.15, 0.2) is 6.07 Å². The second-order valence-corrected chi connectivity index (χ2v) is 4.02. The van der Waals surface area contributed by atoms with Crippen LogP contribution in [-0.2, 0) is 6.18 Å². The van der Waals surface area contributed by atoms with Crippen LogP contribution in [0.5, 0.6) is 0 Å². The Bertz CT molecular complexity index is 378. The predicted molar refractivity (Wildman–Crippen MR) is 51.9 cm³/mol. The third-order valence-corrected chi connectivity index (χ3v) is 2.90. The van der Waals surface area contributed by atoms with Crippen LogP contribution in [0, 0.1) is 3.57 Å². The van der Waals surface area contributed by atoms with Gasteiger partial charge in [-0.15, -0.1) is 0 Å². The minimum Gasteiger partial charge on any atom is -0.230 e. The molecule has 0 aliphatic rings. The fourth-order valence-corrected chi connectivity index (χ4v) is 1.47. The summed E-state index contributed by atoms with van der Waals surface area (Å²) < 4.78 is 61.4. The molecule has 0 bridgehead atoms. The van der Waals surface area contributed by atoms with E-state index in [0.29, 0.717) is 6.07 Å². The Morgan fingerprint density at radius 3 is 2.27 bits per heavy atom. The summed E-state index contributed by atoms with van der Waals surface area (Å²) in [5, 5.41) is -0.438. The lowest BCUT2D eigenvalue weighted by atomic mass is 10.2. The van der Waals surface area contributed by atoms with Crippen LogP contribution in [0.1, 0.15) is 17.7 Å². The first-order chi connectivity index (χ1) is 6.73. The van der Waals surface area contributed by atoms with Crippen LogP contribution in [0.3, 0.4) is 0 Å². The highest BCUT2D eigenvalue weighted by Gasteiger charge is 2.38. The minimum absolute atomic E-state index is 0.0533. The van der Waals surface area contributed by atoms with Gasteiger partial charge >= 0.3 is 6.18 Å². The number of aromatic nitrogens is 1. The summed E-state index contributed by atoms with van der Waals surface area (Å²) in [4.78, 5) is 2.92. The topological polar surface area (TPSA) is 12.9 Å². The van der Waals surface area contributed by atoms with E-state index in [-0.39, 0.29) is 3.57 Å². The van der Waals surface area contributed by atoms with Crippen molar-refractivity contribution in [1.29, 1.82) is 0 Å². The molecule has 0 saturated heterocycles. The molecule has 1 aromatic rings. The molecule has 1 heterocycles. The van der Waals surface area contributed by atoms with Gasteiger partial charge in [0.1, 0.15) is 5.15 Å². The van der Waals surface area contributed by atoms with Crippen LogP contribution in [0.2, 0.25) is 5.15 Å². The van der Waals surface area contributed by atoms with Crippen molar-refractivity contribution >= 4 is 34.2 Å². The van der Waals surface area contributed by atoms with Crippen molar-refractivity contribution in [3.63, 3.8) is 0 Å². The summed E-state index contributed by atoms with van der Waals surface area (Å²) >= 11 is 6.87. The quantitative estimate of drug-likeness (QED) is 0.415. The van der Waals surface area contributed by atoms with E-state index >= 15 is 0 Å². The number of nitrogens with zero attached hydrogens (tertiary/aromatic N) is 1. The summed E-state index contributed by atoms with van der Waals surface area (Å²) in [7, 11) is 0. The molecule has 1 nitrogen and oxygen atoms in total. The van der Waals surface area contributed by atoms with Crippen LogP contribution in [0.25, 0.3) is 0 Å². The SMILES string of the molecule is FC(F)c1cc(I)c(Cl)nc1C(F)(F)F. The van der Waals surface area contributed by atoms with Gasteiger partial charge in [-0.25, -0.2) is 13.8 Å². The van der Waals surface area contributed by atoms with Gasteiger partial charge in [0.2, 0.25) is 0 Å². The molecule has 0 saturated carbocycles. The minimum atomic E-state index is -4.93. The molecule has 0 N–H and O–H groups in total. The highest BCUT2D eigenvalue weighted by molar-refractivity contribution is 14.1. The fourth-order valence-electron chi connectivity index (χ4n) is 0.874. The first-order valence-corrected chi connectivity index (χ1v) is 4.90. The largest absolute Gasteiger partial charge is 0.433 e. The van der Waals surface area contributed by atoms with Crippen molar-refractivity contribution < 1.29 is 22.0 Å². The van der Waals surface area contributed by atoms with Crippen molar-refractivity contribution in [3.05, 3.63) is 26.0 Å². The molecule has 0 atom stereocenters. The van der Waals surface area contributed by atoms with Crippen molar-refractivity contribution in [2.75, 3.05) is 0 Å². The highest BCUT2D eigenvalue weighted by atomic mass is 127. The van der Waals surface area contributed by atoms with Gasteiger partial charge in [0.05, 0.1) is 3.57 Å². The summed E-state index contributed by atoms with van der Waals surface area (Å²) in [5.74, 6) is 0. The molecule has 15 heavy (non-hydrogen) atoms. The number of pyridine rings is 1. The number of rotatable bonds is 1. The maximum atomic E-state index is 12.3. The van der Waals surface area contributed by atoms with Crippen molar-refractivity contribution in [3.8, 4) is 0 Å². The Hall–Kier alpha value is -0.180. The molecule has 0 aliphatic heterocycles. The number of hydrogen-bond acceptors (Lipinski definition) is 1. The van der Waals surface area contributed by atoms with Crippen molar-refractivity contribution in [2.45, 2.75) is 12.6 Å². The van der Waals surface area contributed by atoms with Crippen LogP contribution < -0.4 is 0 Å². The molecule has 0 aromatic carbocycles. The lowest BCUT2D eigenvalue weighted by molar-refractivity contribution is -0.143. The Morgan fingerprint density at radius 2 is 1.87 bits per heavy atom. The third-order valence-electron chi connectivity index (χ3n) is 1.47. The van der Waals surface area contributed by atoms with E-state index in [1.165, 1.54) is 22.6 Å². The van der Waals surface area contributed by atoms with Gasteiger partial charge in [-0.2, -0.15) is 13.2 Å². The van der Waals surface area contributed by atoms with Crippen molar-refractivity contribution in [1.82, 2.24) is 4.98 Å². The van der Waals surface area contributed by atoms with Gasteiger partial charge in [0.15, 0.2) is 5.69 Å². The maximum Gasteiger partial charge on any atom is 0.433 e. The van der Waals surface area contributed by atoms with Crippen LogP contribution in [0.4, 0.5) is 22.0 Å². The molecule has 0 radical (unpaired) electrons. The molecule has 8 heteroatoms. The Balaban J connectivity index is 3.42. The molecule has 1 rings (SSSR count). The van der Waals surface area contributed by atoms with Gasteiger partial charge < -0.3 is 0 Å². The molecular formula is C7H2ClF5IN. The second-order valence-electron chi connectivity index (χ2n) is 2.50. The van der Waals surface area contributed by atoms with Gasteiger partial charge in [-0.3, -0.25) is 0 Å². The first kappa shape index (κ1) is 12.9. The maximum absolute atomic E-state index is 12.3. The lowest BCUT2D eigenvalue weighted by Gasteiger charge is -2.12. The molecule has 0 amide bonds. The third kappa shape index (κ3) is 2.90. The number of alkyl halides is 5. The Labute approximate surface area is 99.8 Å². The van der Waals surface area contributed by atoms with E-state index in [0.717, 1.165) is 0 Å². The van der Waals surface area contributed by atoms with Gasteiger partial charge in [-0.1, -0.05) is 11.6 Å². The molecule has 0 unspecified atom stereocenters. The lowest BCUT2D eigenvalue weighted by Crippen LogP contribution is -2.13.